The largest absolute Gasteiger partial charge is 0.434 e. The number of halogens is 2. The summed E-state index contributed by atoms with van der Waals surface area (Å²) in [4.78, 5) is 11.8. The van der Waals surface area contributed by atoms with Crippen molar-refractivity contribution >= 4 is 5.96 Å². The lowest BCUT2D eigenvalue weighted by molar-refractivity contribution is -0.0504. The second-order valence-electron chi connectivity index (χ2n) is 6.38. The fourth-order valence-electron chi connectivity index (χ4n) is 2.84. The summed E-state index contributed by atoms with van der Waals surface area (Å²) in [5.74, 6) is 1.42. The van der Waals surface area contributed by atoms with Gasteiger partial charge in [-0.2, -0.15) is 8.78 Å². The third-order valence-electron chi connectivity index (χ3n) is 4.24. The second kappa shape index (κ2) is 9.68. The number of nitrogens with one attached hydrogen (secondary N) is 3. The molecule has 8 heteroatoms. The highest BCUT2D eigenvalue weighted by Gasteiger charge is 2.11. The third kappa shape index (κ3) is 5.78. The first-order chi connectivity index (χ1) is 14.0. The van der Waals surface area contributed by atoms with Crippen molar-refractivity contribution in [1.29, 1.82) is 0 Å². The maximum Gasteiger partial charge on any atom is 0.387 e. The summed E-state index contributed by atoms with van der Waals surface area (Å²) < 4.78 is 29.8. The maximum absolute atomic E-state index is 12.6. The molecule has 0 saturated carbocycles. The normalized spacial score (nSPS) is 11.6. The van der Waals surface area contributed by atoms with Crippen molar-refractivity contribution in [3.63, 3.8) is 0 Å². The summed E-state index contributed by atoms with van der Waals surface area (Å²) in [6.07, 6.45) is 1.78. The van der Waals surface area contributed by atoms with Crippen LogP contribution in [-0.2, 0) is 13.1 Å². The molecule has 3 rings (SSSR count). The van der Waals surface area contributed by atoms with Crippen LogP contribution >= 0.6 is 0 Å². The van der Waals surface area contributed by atoms with Gasteiger partial charge in [0.05, 0.1) is 18.4 Å². The molecule has 2 aromatic carbocycles. The van der Waals surface area contributed by atoms with Crippen LogP contribution in [0.1, 0.15) is 17.0 Å². The number of rotatable bonds is 7. The number of guanidine groups is 1. The molecule has 0 fully saturated rings. The van der Waals surface area contributed by atoms with E-state index in [1.165, 1.54) is 0 Å². The summed E-state index contributed by atoms with van der Waals surface area (Å²) in [6.45, 7) is -0.256. The number of benzene rings is 2. The summed E-state index contributed by atoms with van der Waals surface area (Å²) >= 11 is 0. The van der Waals surface area contributed by atoms with Gasteiger partial charge in [0.2, 0.25) is 0 Å². The van der Waals surface area contributed by atoms with Crippen LogP contribution in [0.5, 0.6) is 5.75 Å². The first kappa shape index (κ1) is 20.3. The molecule has 0 spiro atoms. The van der Waals surface area contributed by atoms with Gasteiger partial charge >= 0.3 is 6.61 Å². The molecule has 0 unspecified atom stereocenters. The van der Waals surface area contributed by atoms with Gasteiger partial charge in [0.25, 0.3) is 0 Å². The van der Waals surface area contributed by atoms with Crippen LogP contribution in [-0.4, -0.2) is 29.6 Å². The molecular formula is C21H23F2N5O. The molecule has 6 nitrogen and oxygen atoms in total. The highest BCUT2D eigenvalue weighted by molar-refractivity contribution is 5.79. The van der Waals surface area contributed by atoms with Crippen molar-refractivity contribution in [3.8, 4) is 17.0 Å². The molecule has 0 bridgehead atoms. The predicted molar refractivity (Wildman–Crippen MR) is 109 cm³/mol. The van der Waals surface area contributed by atoms with E-state index in [2.05, 4.69) is 30.3 Å². The number of imidazole rings is 1. The number of hydrogen-bond donors (Lipinski definition) is 3. The SMILES string of the molecule is CN=C(NCc1ncc(-c2ccccc2)[nH]1)NCc1cc(C)ccc1OC(F)F. The molecule has 0 aliphatic heterocycles. The van der Waals surface area contributed by atoms with E-state index in [9.17, 15) is 8.78 Å². The smallest absolute Gasteiger partial charge is 0.387 e. The molecule has 0 atom stereocenters. The van der Waals surface area contributed by atoms with Crippen molar-refractivity contribution < 1.29 is 13.5 Å². The lowest BCUT2D eigenvalue weighted by Gasteiger charge is -2.14. The average molecular weight is 399 g/mol. The Morgan fingerprint density at radius 2 is 1.90 bits per heavy atom. The summed E-state index contributed by atoms with van der Waals surface area (Å²) in [5.41, 5.74) is 3.56. The van der Waals surface area contributed by atoms with E-state index >= 15 is 0 Å². The van der Waals surface area contributed by atoms with Crippen LogP contribution in [0, 0.1) is 6.92 Å². The minimum atomic E-state index is -2.87. The number of ether oxygens (including phenoxy) is 1. The predicted octanol–water partition coefficient (Wildman–Crippen LogP) is 3.85. The van der Waals surface area contributed by atoms with E-state index in [4.69, 9.17) is 0 Å². The summed E-state index contributed by atoms with van der Waals surface area (Å²) in [5, 5.41) is 6.26. The van der Waals surface area contributed by atoms with Gasteiger partial charge in [0.15, 0.2) is 5.96 Å². The van der Waals surface area contributed by atoms with E-state index < -0.39 is 6.61 Å². The number of nitrogens with zero attached hydrogens (tertiary/aromatic N) is 2. The van der Waals surface area contributed by atoms with Crippen molar-refractivity contribution in [2.24, 2.45) is 4.99 Å². The Bertz CT molecular complexity index is 957. The minimum Gasteiger partial charge on any atom is -0.434 e. The van der Waals surface area contributed by atoms with E-state index in [1.807, 2.05) is 37.3 Å². The lowest BCUT2D eigenvalue weighted by atomic mass is 10.1. The Morgan fingerprint density at radius 3 is 2.62 bits per heavy atom. The van der Waals surface area contributed by atoms with Gasteiger partial charge in [-0.3, -0.25) is 4.99 Å². The van der Waals surface area contributed by atoms with E-state index in [0.29, 0.717) is 18.1 Å². The Morgan fingerprint density at radius 1 is 1.14 bits per heavy atom. The number of hydrogen-bond acceptors (Lipinski definition) is 3. The van der Waals surface area contributed by atoms with Gasteiger partial charge in [-0.1, -0.05) is 48.0 Å². The van der Waals surface area contributed by atoms with Crippen molar-refractivity contribution in [1.82, 2.24) is 20.6 Å². The molecule has 0 amide bonds. The number of aliphatic imine (C=N–C) groups is 1. The maximum atomic E-state index is 12.6. The van der Waals surface area contributed by atoms with Crippen LogP contribution in [0.4, 0.5) is 8.78 Å². The number of aromatic amines is 1. The quantitative estimate of drug-likeness (QED) is 0.417. The van der Waals surface area contributed by atoms with Crippen LogP contribution in [0.3, 0.4) is 0 Å². The van der Waals surface area contributed by atoms with Crippen molar-refractivity contribution in [2.45, 2.75) is 26.6 Å². The molecule has 0 aliphatic carbocycles. The van der Waals surface area contributed by atoms with Gasteiger partial charge in [-0.05, 0) is 18.6 Å². The molecule has 0 saturated heterocycles. The third-order valence-corrected chi connectivity index (χ3v) is 4.24. The zero-order chi connectivity index (χ0) is 20.6. The highest BCUT2D eigenvalue weighted by atomic mass is 19.3. The Balaban J connectivity index is 1.58. The van der Waals surface area contributed by atoms with E-state index in [1.54, 1.807) is 31.4 Å². The fraction of sp³-hybridized carbons (Fsp3) is 0.238. The molecule has 0 aliphatic rings. The number of aryl methyl sites for hydroxylation is 1. The lowest BCUT2D eigenvalue weighted by Crippen LogP contribution is -2.36. The summed E-state index contributed by atoms with van der Waals surface area (Å²) in [7, 11) is 1.64. The monoisotopic (exact) mass is 399 g/mol. The van der Waals surface area contributed by atoms with Gasteiger partial charge in [-0.15, -0.1) is 0 Å². The van der Waals surface area contributed by atoms with Gasteiger partial charge in [0, 0.05) is 19.2 Å². The molecule has 3 N–H and O–H groups in total. The van der Waals surface area contributed by atoms with Crippen LogP contribution < -0.4 is 15.4 Å². The first-order valence-electron chi connectivity index (χ1n) is 9.13. The number of aromatic nitrogens is 2. The molecular weight excluding hydrogens is 376 g/mol. The molecule has 29 heavy (non-hydrogen) atoms. The molecule has 1 aromatic heterocycles. The molecule has 1 heterocycles. The molecule has 3 aromatic rings. The zero-order valence-electron chi connectivity index (χ0n) is 16.2. The zero-order valence-corrected chi connectivity index (χ0v) is 16.2. The summed E-state index contributed by atoms with van der Waals surface area (Å²) in [6, 6.07) is 15.0. The van der Waals surface area contributed by atoms with Gasteiger partial charge < -0.3 is 20.4 Å². The standard InChI is InChI=1S/C21H23F2N5O/c1-14-8-9-18(29-20(22)23)16(10-14)11-26-21(24-2)27-13-19-25-12-17(28-19)15-6-4-3-5-7-15/h3-10,12,20H,11,13H2,1-2H3,(H,25,28)(H2,24,26,27). The number of H-pyrrole nitrogens is 1. The molecule has 0 radical (unpaired) electrons. The van der Waals surface area contributed by atoms with E-state index in [0.717, 1.165) is 22.6 Å². The topological polar surface area (TPSA) is 74.3 Å². The van der Waals surface area contributed by atoms with Gasteiger partial charge in [0.1, 0.15) is 11.6 Å². The van der Waals surface area contributed by atoms with Crippen LogP contribution in [0.2, 0.25) is 0 Å². The Labute approximate surface area is 168 Å². The highest BCUT2D eigenvalue weighted by Crippen LogP contribution is 2.22. The average Bonchev–Trinajstić information content (AvgIpc) is 3.19. The van der Waals surface area contributed by atoms with Crippen LogP contribution in [0.25, 0.3) is 11.3 Å². The van der Waals surface area contributed by atoms with Crippen molar-refractivity contribution in [2.75, 3.05) is 7.05 Å². The first-order valence-corrected chi connectivity index (χ1v) is 9.13. The Kier molecular flexibility index (Phi) is 6.78. The van der Waals surface area contributed by atoms with E-state index in [-0.39, 0.29) is 12.3 Å². The minimum absolute atomic E-state index is 0.145. The Hall–Kier alpha value is -3.42. The fourth-order valence-corrected chi connectivity index (χ4v) is 2.84. The van der Waals surface area contributed by atoms with Crippen molar-refractivity contribution in [3.05, 3.63) is 71.7 Å². The molecule has 152 valence electrons. The van der Waals surface area contributed by atoms with Crippen LogP contribution in [0.15, 0.2) is 59.7 Å². The second-order valence-corrected chi connectivity index (χ2v) is 6.38. The number of alkyl halides is 2. The van der Waals surface area contributed by atoms with Gasteiger partial charge in [-0.25, -0.2) is 4.98 Å².